The van der Waals surface area contributed by atoms with Crippen LogP contribution in [0.4, 0.5) is 13.2 Å². The zero-order valence-electron chi connectivity index (χ0n) is 18.0. The number of aliphatic hydroxyl groups excluding tert-OH is 1. The minimum atomic E-state index is -4.78. The molecule has 0 aliphatic heterocycles. The van der Waals surface area contributed by atoms with Crippen molar-refractivity contribution in [3.05, 3.63) is 65.7 Å². The molecule has 0 radical (unpaired) electrons. The smallest absolute Gasteiger partial charge is 0.381 e. The van der Waals surface area contributed by atoms with Crippen LogP contribution in [-0.4, -0.2) is 26.2 Å². The number of carbonyl (C=O) groups is 1. The van der Waals surface area contributed by atoms with E-state index in [9.17, 15) is 23.1 Å². The van der Waals surface area contributed by atoms with Gasteiger partial charge in [0.15, 0.2) is 17.2 Å². The summed E-state index contributed by atoms with van der Waals surface area (Å²) >= 11 is 0. The van der Waals surface area contributed by atoms with Crippen LogP contribution in [0.25, 0.3) is 34.3 Å². The van der Waals surface area contributed by atoms with Gasteiger partial charge in [-0.3, -0.25) is 4.79 Å². The third kappa shape index (κ3) is 4.76. The molecule has 4 rings (SSSR count). The van der Waals surface area contributed by atoms with E-state index in [1.807, 2.05) is 6.92 Å². The summed E-state index contributed by atoms with van der Waals surface area (Å²) in [5.41, 5.74) is -0.697. The molecule has 0 amide bonds. The van der Waals surface area contributed by atoms with E-state index in [2.05, 4.69) is 15.3 Å². The van der Waals surface area contributed by atoms with Gasteiger partial charge in [0.25, 0.3) is 5.89 Å². The molecule has 176 valence electrons. The van der Waals surface area contributed by atoms with Crippen LogP contribution in [-0.2, 0) is 11.0 Å². The summed E-state index contributed by atoms with van der Waals surface area (Å²) in [6.07, 6.45) is -4.23. The van der Waals surface area contributed by atoms with E-state index in [1.165, 1.54) is 24.3 Å². The maximum Gasteiger partial charge on any atom is 0.422 e. The van der Waals surface area contributed by atoms with Crippen molar-refractivity contribution in [3.63, 3.8) is 0 Å². The van der Waals surface area contributed by atoms with Gasteiger partial charge in [-0.2, -0.15) is 18.2 Å². The highest BCUT2D eigenvalue weighted by atomic mass is 19.4. The molecule has 0 aliphatic carbocycles. The number of halogens is 3. The minimum absolute atomic E-state index is 0.0192. The highest BCUT2D eigenvalue weighted by Crippen LogP contribution is 2.43. The summed E-state index contributed by atoms with van der Waals surface area (Å²) < 4.78 is 51.7. The summed E-state index contributed by atoms with van der Waals surface area (Å²) in [5.74, 6) is -1.16. The number of nitrogens with zero attached hydrogens (tertiary/aromatic N) is 3. The number of Topliss-reactive ketones (excluding diaryl/α,β-unsaturated/α-hetero) is 1. The van der Waals surface area contributed by atoms with Crippen molar-refractivity contribution in [1.82, 2.24) is 15.3 Å². The average molecular weight is 471 g/mol. The Bertz CT molecular complexity index is 1260. The third-order valence-electron chi connectivity index (χ3n) is 5.21. The van der Waals surface area contributed by atoms with Crippen LogP contribution >= 0.6 is 0 Å². The second-order valence-corrected chi connectivity index (χ2v) is 7.62. The lowest BCUT2D eigenvalue weighted by molar-refractivity contribution is -0.137. The summed E-state index contributed by atoms with van der Waals surface area (Å²) in [6.45, 7) is 1.95. The Kier molecular flexibility index (Phi) is 6.60. The van der Waals surface area contributed by atoms with E-state index in [1.54, 1.807) is 30.3 Å². The Labute approximate surface area is 192 Å². The number of alkyl halides is 3. The Hall–Kier alpha value is -3.79. The molecular formula is C24H20F3N3O4. The van der Waals surface area contributed by atoms with Crippen LogP contribution in [0.5, 0.6) is 0 Å². The van der Waals surface area contributed by atoms with Crippen molar-refractivity contribution < 1.29 is 32.1 Å². The first-order chi connectivity index (χ1) is 16.3. The molecule has 2 aromatic carbocycles. The fourth-order valence-electron chi connectivity index (χ4n) is 3.41. The number of aliphatic hydroxyl groups is 1. The molecule has 34 heavy (non-hydrogen) atoms. The van der Waals surface area contributed by atoms with E-state index in [-0.39, 0.29) is 23.6 Å². The quantitative estimate of drug-likeness (QED) is 0.343. The Balaban J connectivity index is 1.62. The van der Waals surface area contributed by atoms with Crippen LogP contribution in [0.3, 0.4) is 0 Å². The first-order valence-corrected chi connectivity index (χ1v) is 10.6. The topological polar surface area (TPSA) is 102 Å². The monoisotopic (exact) mass is 471 g/mol. The predicted octanol–water partition coefficient (Wildman–Crippen LogP) is 5.87. The summed E-state index contributed by atoms with van der Waals surface area (Å²) in [5, 5.41) is 17.5. The van der Waals surface area contributed by atoms with Gasteiger partial charge in [0.1, 0.15) is 11.7 Å². The number of hydrogen-bond donors (Lipinski definition) is 1. The Morgan fingerprint density at radius 2 is 1.71 bits per heavy atom. The number of carbonyl (C=O) groups excluding carboxylic acids is 1. The highest BCUT2D eigenvalue weighted by Gasteiger charge is 2.42. The van der Waals surface area contributed by atoms with Gasteiger partial charge in [-0.1, -0.05) is 78.3 Å². The van der Waals surface area contributed by atoms with Crippen molar-refractivity contribution in [3.8, 4) is 34.3 Å². The molecule has 1 N–H and O–H groups in total. The van der Waals surface area contributed by atoms with Crippen LogP contribution in [0, 0.1) is 0 Å². The lowest BCUT2D eigenvalue weighted by Gasteiger charge is -2.09. The molecule has 10 heteroatoms. The van der Waals surface area contributed by atoms with Gasteiger partial charge in [-0.25, -0.2) is 0 Å². The zero-order valence-corrected chi connectivity index (χ0v) is 18.0. The summed E-state index contributed by atoms with van der Waals surface area (Å²) in [4.78, 5) is 16.1. The number of hydrogen-bond acceptors (Lipinski definition) is 7. The second kappa shape index (κ2) is 9.60. The normalized spacial score (nSPS) is 12.6. The zero-order chi connectivity index (χ0) is 24.3. The van der Waals surface area contributed by atoms with Gasteiger partial charge in [0.2, 0.25) is 5.82 Å². The predicted molar refractivity (Wildman–Crippen MR) is 115 cm³/mol. The van der Waals surface area contributed by atoms with Crippen LogP contribution in [0.15, 0.2) is 63.6 Å². The van der Waals surface area contributed by atoms with Gasteiger partial charge in [0.05, 0.1) is 0 Å². The van der Waals surface area contributed by atoms with E-state index in [0.717, 1.165) is 6.42 Å². The average Bonchev–Trinajstić information content (AvgIpc) is 3.50. The minimum Gasteiger partial charge on any atom is -0.381 e. The van der Waals surface area contributed by atoms with Crippen LogP contribution in [0.2, 0.25) is 0 Å². The number of benzene rings is 2. The van der Waals surface area contributed by atoms with E-state index in [4.69, 9.17) is 9.05 Å². The lowest BCUT2D eigenvalue weighted by Crippen LogP contribution is -2.11. The fourth-order valence-corrected chi connectivity index (χ4v) is 3.41. The van der Waals surface area contributed by atoms with Gasteiger partial charge in [-0.15, -0.1) is 0 Å². The largest absolute Gasteiger partial charge is 0.422 e. The van der Waals surface area contributed by atoms with Crippen molar-refractivity contribution in [2.75, 3.05) is 0 Å². The molecule has 0 fully saturated rings. The van der Waals surface area contributed by atoms with Crippen molar-refractivity contribution in [2.24, 2.45) is 0 Å². The number of ketones is 1. The van der Waals surface area contributed by atoms with Crippen LogP contribution < -0.4 is 0 Å². The van der Waals surface area contributed by atoms with Crippen LogP contribution in [0.1, 0.15) is 43.4 Å². The highest BCUT2D eigenvalue weighted by molar-refractivity contribution is 5.84. The molecule has 0 aliphatic rings. The Morgan fingerprint density at radius 1 is 1.00 bits per heavy atom. The lowest BCUT2D eigenvalue weighted by atomic mass is 10.0. The molecule has 2 aromatic heterocycles. The number of aromatic nitrogens is 3. The van der Waals surface area contributed by atoms with E-state index < -0.39 is 35.2 Å². The maximum atomic E-state index is 13.9. The molecule has 1 unspecified atom stereocenters. The molecule has 0 saturated heterocycles. The molecule has 0 bridgehead atoms. The molecule has 1 atom stereocenters. The van der Waals surface area contributed by atoms with Crippen molar-refractivity contribution in [2.45, 2.75) is 38.5 Å². The molecule has 4 aromatic rings. The van der Waals surface area contributed by atoms with E-state index in [0.29, 0.717) is 17.5 Å². The summed E-state index contributed by atoms with van der Waals surface area (Å²) in [7, 11) is 0. The van der Waals surface area contributed by atoms with Crippen molar-refractivity contribution in [1.29, 1.82) is 0 Å². The SMILES string of the molecule is CCCCC(=O)C(O)c1ccc(-c2noc(-c3noc(-c4ccccc4)c3C(F)(F)F)n2)cc1. The first-order valence-electron chi connectivity index (χ1n) is 10.6. The summed E-state index contributed by atoms with van der Waals surface area (Å²) in [6, 6.07) is 13.9. The molecular weight excluding hydrogens is 451 g/mol. The molecule has 7 nitrogen and oxygen atoms in total. The van der Waals surface area contributed by atoms with Crippen molar-refractivity contribution >= 4 is 5.78 Å². The number of rotatable bonds is 8. The Morgan fingerprint density at radius 3 is 2.35 bits per heavy atom. The number of unbranched alkanes of at least 4 members (excludes halogenated alkanes) is 1. The first kappa shape index (κ1) is 23.4. The van der Waals surface area contributed by atoms with E-state index >= 15 is 0 Å². The van der Waals surface area contributed by atoms with Gasteiger partial charge >= 0.3 is 6.18 Å². The molecule has 0 spiro atoms. The maximum absolute atomic E-state index is 13.9. The molecule has 0 saturated carbocycles. The molecule has 2 heterocycles. The van der Waals surface area contributed by atoms with Gasteiger partial charge < -0.3 is 14.2 Å². The van der Waals surface area contributed by atoms with Gasteiger partial charge in [-0.05, 0) is 12.0 Å². The second-order valence-electron chi connectivity index (χ2n) is 7.62. The van der Waals surface area contributed by atoms with Gasteiger partial charge in [0, 0.05) is 17.5 Å². The standard InChI is InChI=1S/C24H20F3N3O4/c1-2-3-9-17(31)20(32)14-10-12-16(13-11-14)22-28-23(34-30-22)19-18(24(25,26)27)21(33-29-19)15-7-5-4-6-8-15/h4-8,10-13,20,32H,2-3,9H2,1H3. The third-order valence-corrected chi connectivity index (χ3v) is 5.21. The fraction of sp³-hybridized carbons (Fsp3) is 0.250.